The number of hydrogen-bond donors (Lipinski definition) is 0. The van der Waals surface area contributed by atoms with Crippen LogP contribution in [-0.2, 0) is 0 Å². The predicted molar refractivity (Wildman–Crippen MR) is 204 cm³/mol. The topological polar surface area (TPSA) is 29.5 Å². The highest BCUT2D eigenvalue weighted by Gasteiger charge is 2.17. The quantitative estimate of drug-likeness (QED) is 0.190. The van der Waals surface area contributed by atoms with Crippen molar-refractivity contribution in [3.8, 4) is 22.3 Å². The molecule has 8 aromatic carbocycles. The van der Waals surface area contributed by atoms with E-state index in [1.165, 1.54) is 11.1 Å². The zero-order valence-electron chi connectivity index (χ0n) is 26.5. The predicted octanol–water partition coefficient (Wildman–Crippen LogP) is 13.4. The lowest BCUT2D eigenvalue weighted by atomic mass is 9.99. The van der Waals surface area contributed by atoms with E-state index in [4.69, 9.17) is 8.83 Å². The van der Waals surface area contributed by atoms with E-state index >= 15 is 0 Å². The second-order valence-corrected chi connectivity index (χ2v) is 12.6. The Morgan fingerprint density at radius 1 is 0.306 bits per heavy atom. The van der Waals surface area contributed by atoms with E-state index in [-0.39, 0.29) is 0 Å². The summed E-state index contributed by atoms with van der Waals surface area (Å²) < 4.78 is 12.6. The van der Waals surface area contributed by atoms with Gasteiger partial charge >= 0.3 is 0 Å². The van der Waals surface area contributed by atoms with Gasteiger partial charge in [0.25, 0.3) is 0 Å². The Labute approximate surface area is 282 Å². The van der Waals surface area contributed by atoms with Crippen molar-refractivity contribution in [2.75, 3.05) is 4.90 Å². The normalized spacial score (nSPS) is 11.7. The lowest BCUT2D eigenvalue weighted by Gasteiger charge is -2.26. The van der Waals surface area contributed by atoms with Gasteiger partial charge in [-0.1, -0.05) is 103 Å². The Kier molecular flexibility index (Phi) is 6.18. The first kappa shape index (κ1) is 27.5. The first-order valence-corrected chi connectivity index (χ1v) is 16.6. The second kappa shape index (κ2) is 11.0. The van der Waals surface area contributed by atoms with Gasteiger partial charge in [0.2, 0.25) is 0 Å². The molecule has 0 unspecified atom stereocenters. The van der Waals surface area contributed by atoms with Crippen molar-refractivity contribution >= 4 is 71.7 Å². The van der Waals surface area contributed by atoms with Gasteiger partial charge in [-0.2, -0.15) is 0 Å². The summed E-state index contributed by atoms with van der Waals surface area (Å²) in [5.74, 6) is 0. The molecule has 2 heterocycles. The zero-order valence-corrected chi connectivity index (χ0v) is 26.5. The lowest BCUT2D eigenvalue weighted by Crippen LogP contribution is -2.09. The average molecular weight is 628 g/mol. The molecule has 0 saturated heterocycles. The van der Waals surface area contributed by atoms with Crippen LogP contribution in [0.2, 0.25) is 0 Å². The van der Waals surface area contributed by atoms with Crippen LogP contribution in [0.3, 0.4) is 0 Å². The summed E-state index contributed by atoms with van der Waals surface area (Å²) in [4.78, 5) is 2.30. The van der Waals surface area contributed by atoms with Crippen molar-refractivity contribution in [1.29, 1.82) is 0 Å². The first-order chi connectivity index (χ1) is 24.3. The molecular weight excluding hydrogens is 599 g/mol. The van der Waals surface area contributed by atoms with E-state index in [0.29, 0.717) is 0 Å². The molecule has 230 valence electrons. The Morgan fingerprint density at radius 3 is 1.55 bits per heavy atom. The van der Waals surface area contributed by atoms with Crippen molar-refractivity contribution in [3.63, 3.8) is 0 Å². The van der Waals surface area contributed by atoms with E-state index in [1.807, 2.05) is 24.3 Å². The largest absolute Gasteiger partial charge is 0.456 e. The number of benzene rings is 8. The van der Waals surface area contributed by atoms with Gasteiger partial charge in [0.05, 0.1) is 0 Å². The Bertz CT molecular complexity index is 2810. The molecule has 0 spiro atoms. The van der Waals surface area contributed by atoms with Gasteiger partial charge in [-0.3, -0.25) is 0 Å². The van der Waals surface area contributed by atoms with Gasteiger partial charge < -0.3 is 13.7 Å². The van der Waals surface area contributed by atoms with Gasteiger partial charge in [0.15, 0.2) is 0 Å². The number of rotatable bonds is 5. The molecule has 0 bridgehead atoms. The lowest BCUT2D eigenvalue weighted by molar-refractivity contribution is 0.669. The molecule has 49 heavy (non-hydrogen) atoms. The summed E-state index contributed by atoms with van der Waals surface area (Å²) >= 11 is 0. The third kappa shape index (κ3) is 4.59. The Hall–Kier alpha value is -6.58. The summed E-state index contributed by atoms with van der Waals surface area (Å²) in [7, 11) is 0. The highest BCUT2D eigenvalue weighted by atomic mass is 16.3. The van der Waals surface area contributed by atoms with Gasteiger partial charge in [-0.25, -0.2) is 0 Å². The molecule has 3 nitrogen and oxygen atoms in total. The molecular formula is C46H29NO2. The minimum absolute atomic E-state index is 0.871. The third-order valence-electron chi connectivity index (χ3n) is 9.67. The molecule has 3 heteroatoms. The fourth-order valence-corrected chi connectivity index (χ4v) is 7.23. The van der Waals surface area contributed by atoms with E-state index in [9.17, 15) is 0 Å². The molecule has 0 amide bonds. The van der Waals surface area contributed by atoms with Gasteiger partial charge in [-0.05, 0) is 94.4 Å². The van der Waals surface area contributed by atoms with Crippen molar-refractivity contribution < 1.29 is 8.83 Å². The third-order valence-corrected chi connectivity index (χ3v) is 9.67. The fourth-order valence-electron chi connectivity index (χ4n) is 7.23. The summed E-state index contributed by atoms with van der Waals surface area (Å²) in [5.41, 5.74) is 11.5. The van der Waals surface area contributed by atoms with Gasteiger partial charge in [-0.15, -0.1) is 0 Å². The molecule has 0 aliphatic carbocycles. The number of para-hydroxylation sites is 2. The molecule has 0 atom stereocenters. The standard InChI is InChI=1S/C46H29NO2/c1-2-8-30(9-3-1)31-14-20-35(21-15-31)47(37-24-27-41-39-10-4-6-12-43(39)48-45(41)29-37)36-22-16-32(17-23-36)33-18-25-38-34(28-33)19-26-42-40-11-5-7-13-44(40)49-46(38)42/h1-29H. The fraction of sp³-hybridized carbons (Fsp3) is 0. The molecule has 0 fully saturated rings. The number of furan rings is 2. The van der Waals surface area contributed by atoms with Crippen molar-refractivity contribution in [3.05, 3.63) is 176 Å². The molecule has 10 rings (SSSR count). The number of fused-ring (bicyclic) bond motifs is 8. The Morgan fingerprint density at radius 2 is 0.816 bits per heavy atom. The molecule has 0 N–H and O–H groups in total. The summed E-state index contributed by atoms with van der Waals surface area (Å²) in [6, 6.07) is 62.1. The maximum Gasteiger partial charge on any atom is 0.143 e. The Balaban J connectivity index is 1.05. The molecule has 2 aromatic heterocycles. The van der Waals surface area contributed by atoms with Gasteiger partial charge in [0.1, 0.15) is 22.3 Å². The van der Waals surface area contributed by atoms with E-state index in [0.717, 1.165) is 82.8 Å². The SMILES string of the molecule is c1ccc(-c2ccc(N(c3ccc(-c4ccc5c(ccc6c7ccccc7oc56)c4)cc3)c3ccc4c(c3)oc3ccccc34)cc2)cc1. The first-order valence-electron chi connectivity index (χ1n) is 16.6. The van der Waals surface area contributed by atoms with Crippen LogP contribution in [0.15, 0.2) is 185 Å². The molecule has 0 radical (unpaired) electrons. The molecule has 0 saturated carbocycles. The van der Waals surface area contributed by atoms with Crippen LogP contribution < -0.4 is 4.90 Å². The van der Waals surface area contributed by atoms with Crippen LogP contribution in [0.4, 0.5) is 17.1 Å². The van der Waals surface area contributed by atoms with Crippen LogP contribution in [0.1, 0.15) is 0 Å². The maximum absolute atomic E-state index is 6.31. The van der Waals surface area contributed by atoms with E-state index < -0.39 is 0 Å². The van der Waals surface area contributed by atoms with E-state index in [2.05, 4.69) is 157 Å². The van der Waals surface area contributed by atoms with E-state index in [1.54, 1.807) is 0 Å². The summed E-state index contributed by atoms with van der Waals surface area (Å²) in [6.07, 6.45) is 0. The van der Waals surface area contributed by atoms with Crippen LogP contribution >= 0.6 is 0 Å². The second-order valence-electron chi connectivity index (χ2n) is 12.6. The maximum atomic E-state index is 6.31. The zero-order chi connectivity index (χ0) is 32.3. The van der Waals surface area contributed by atoms with Crippen LogP contribution in [0.25, 0.3) is 76.9 Å². The summed E-state index contributed by atoms with van der Waals surface area (Å²) in [6.45, 7) is 0. The van der Waals surface area contributed by atoms with Crippen molar-refractivity contribution in [2.45, 2.75) is 0 Å². The van der Waals surface area contributed by atoms with Crippen molar-refractivity contribution in [2.24, 2.45) is 0 Å². The number of anilines is 3. The monoisotopic (exact) mass is 627 g/mol. The average Bonchev–Trinajstić information content (AvgIpc) is 3.74. The highest BCUT2D eigenvalue weighted by molar-refractivity contribution is 6.15. The number of hydrogen-bond acceptors (Lipinski definition) is 3. The van der Waals surface area contributed by atoms with Crippen LogP contribution in [0.5, 0.6) is 0 Å². The smallest absolute Gasteiger partial charge is 0.143 e. The minimum atomic E-state index is 0.871. The minimum Gasteiger partial charge on any atom is -0.456 e. The molecule has 0 aliphatic rings. The van der Waals surface area contributed by atoms with Crippen LogP contribution in [0, 0.1) is 0 Å². The van der Waals surface area contributed by atoms with Crippen LogP contribution in [-0.4, -0.2) is 0 Å². The molecule has 0 aliphatic heterocycles. The highest BCUT2D eigenvalue weighted by Crippen LogP contribution is 2.40. The number of nitrogens with zero attached hydrogens (tertiary/aromatic N) is 1. The van der Waals surface area contributed by atoms with Crippen molar-refractivity contribution in [1.82, 2.24) is 0 Å². The molecule has 10 aromatic rings. The van der Waals surface area contributed by atoms with Gasteiger partial charge in [0, 0.05) is 50.1 Å². The summed E-state index contributed by atoms with van der Waals surface area (Å²) in [5, 5.41) is 6.83.